The molecule has 2 N–H and O–H groups in total. The monoisotopic (exact) mass is 262 g/mol. The Hall–Kier alpha value is -0.130. The zero-order valence-corrected chi connectivity index (χ0v) is 11.9. The highest BCUT2D eigenvalue weighted by Crippen LogP contribution is 2.22. The molecule has 0 aliphatic heterocycles. The second-order valence-electron chi connectivity index (χ2n) is 5.08. The predicted molar refractivity (Wildman–Crippen MR) is 71.5 cm³/mol. The van der Waals surface area contributed by atoms with Gasteiger partial charge in [0.25, 0.3) is 0 Å². The summed E-state index contributed by atoms with van der Waals surface area (Å²) < 4.78 is 25.4. The van der Waals surface area contributed by atoms with Crippen LogP contribution in [0.25, 0.3) is 0 Å². The molecular weight excluding hydrogens is 236 g/mol. The van der Waals surface area contributed by atoms with E-state index in [0.29, 0.717) is 19.1 Å². The van der Waals surface area contributed by atoms with E-state index in [1.807, 2.05) is 0 Å². The van der Waals surface area contributed by atoms with Gasteiger partial charge in [-0.2, -0.15) is 0 Å². The fourth-order valence-corrected chi connectivity index (χ4v) is 3.35. The van der Waals surface area contributed by atoms with E-state index in [1.54, 1.807) is 6.92 Å². The van der Waals surface area contributed by atoms with Gasteiger partial charge in [-0.1, -0.05) is 26.7 Å². The van der Waals surface area contributed by atoms with Crippen LogP contribution in [0, 0.1) is 5.92 Å². The molecule has 0 saturated heterocycles. The van der Waals surface area contributed by atoms with Crippen molar-refractivity contribution in [3.05, 3.63) is 0 Å². The first-order chi connectivity index (χ1) is 8.03. The van der Waals surface area contributed by atoms with Gasteiger partial charge >= 0.3 is 0 Å². The smallest absolute Gasteiger partial charge is 0.212 e. The molecule has 2 atom stereocenters. The van der Waals surface area contributed by atoms with E-state index in [0.717, 1.165) is 5.92 Å². The lowest BCUT2D eigenvalue weighted by Gasteiger charge is -2.16. The molecule has 0 amide bonds. The van der Waals surface area contributed by atoms with Gasteiger partial charge < -0.3 is 5.32 Å². The molecular formula is C12H26N2O2S. The third kappa shape index (κ3) is 6.38. The zero-order valence-electron chi connectivity index (χ0n) is 11.0. The van der Waals surface area contributed by atoms with Crippen molar-refractivity contribution in [2.45, 2.75) is 52.0 Å². The summed E-state index contributed by atoms with van der Waals surface area (Å²) in [6, 6.07) is 0.511. The standard InChI is InChI=1S/C12H26N2O2S/c1-3-14-17(15,16)10-9-13-12-6-4-5-11(2)7-8-12/h11-14H,3-10H2,1-2H3. The fourth-order valence-electron chi connectivity index (χ4n) is 2.38. The van der Waals surface area contributed by atoms with Crippen LogP contribution in [0.1, 0.15) is 46.0 Å². The summed E-state index contributed by atoms with van der Waals surface area (Å²) >= 11 is 0. The Morgan fingerprint density at radius 1 is 1.18 bits per heavy atom. The molecule has 0 aromatic carbocycles. The molecule has 0 spiro atoms. The van der Waals surface area contributed by atoms with Crippen molar-refractivity contribution in [2.24, 2.45) is 5.92 Å². The van der Waals surface area contributed by atoms with Gasteiger partial charge in [-0.15, -0.1) is 0 Å². The normalized spacial score (nSPS) is 26.7. The molecule has 5 heteroatoms. The van der Waals surface area contributed by atoms with Crippen LogP contribution in [0.2, 0.25) is 0 Å². The van der Waals surface area contributed by atoms with Crippen molar-refractivity contribution in [2.75, 3.05) is 18.8 Å². The molecule has 0 heterocycles. The minimum absolute atomic E-state index is 0.187. The maximum Gasteiger partial charge on any atom is 0.212 e. The van der Waals surface area contributed by atoms with Gasteiger partial charge in [0.05, 0.1) is 5.75 Å². The average Bonchev–Trinajstić information content (AvgIpc) is 2.43. The number of sulfonamides is 1. The van der Waals surface area contributed by atoms with Gasteiger partial charge in [0.15, 0.2) is 0 Å². The summed E-state index contributed by atoms with van der Waals surface area (Å²) in [5.41, 5.74) is 0. The lowest BCUT2D eigenvalue weighted by atomic mass is 10.0. The molecule has 0 aromatic rings. The Kier molecular flexibility index (Phi) is 6.44. The number of hydrogen-bond donors (Lipinski definition) is 2. The molecule has 1 aliphatic carbocycles. The molecule has 0 aromatic heterocycles. The largest absolute Gasteiger partial charge is 0.313 e. The number of hydrogen-bond acceptors (Lipinski definition) is 3. The molecule has 4 nitrogen and oxygen atoms in total. The van der Waals surface area contributed by atoms with E-state index < -0.39 is 10.0 Å². The lowest BCUT2D eigenvalue weighted by molar-refractivity contribution is 0.456. The average molecular weight is 262 g/mol. The van der Waals surface area contributed by atoms with Gasteiger partial charge in [-0.3, -0.25) is 0 Å². The van der Waals surface area contributed by atoms with Gasteiger partial charge in [0.2, 0.25) is 10.0 Å². The second-order valence-corrected chi connectivity index (χ2v) is 7.01. The first-order valence-electron chi connectivity index (χ1n) is 6.74. The highest BCUT2D eigenvalue weighted by molar-refractivity contribution is 7.89. The Morgan fingerprint density at radius 2 is 1.94 bits per heavy atom. The van der Waals surface area contributed by atoms with Gasteiger partial charge in [-0.25, -0.2) is 13.1 Å². The Bertz CT molecular complexity index is 304. The van der Waals surface area contributed by atoms with E-state index >= 15 is 0 Å². The van der Waals surface area contributed by atoms with Crippen LogP contribution in [0.5, 0.6) is 0 Å². The van der Waals surface area contributed by atoms with Gasteiger partial charge in [0.1, 0.15) is 0 Å². The molecule has 0 bridgehead atoms. The highest BCUT2D eigenvalue weighted by Gasteiger charge is 2.16. The molecule has 1 aliphatic rings. The summed E-state index contributed by atoms with van der Waals surface area (Å²) in [4.78, 5) is 0. The van der Waals surface area contributed by atoms with Crippen molar-refractivity contribution in [1.82, 2.24) is 10.0 Å². The summed E-state index contributed by atoms with van der Waals surface area (Å²) in [6.07, 6.45) is 6.21. The second kappa shape index (κ2) is 7.34. The third-order valence-corrected chi connectivity index (χ3v) is 4.90. The van der Waals surface area contributed by atoms with Crippen LogP contribution in [-0.4, -0.2) is 33.3 Å². The zero-order chi connectivity index (χ0) is 12.7. The molecule has 102 valence electrons. The first-order valence-corrected chi connectivity index (χ1v) is 8.39. The molecule has 0 radical (unpaired) electrons. The van der Waals surface area contributed by atoms with Crippen molar-refractivity contribution in [3.63, 3.8) is 0 Å². The summed E-state index contributed by atoms with van der Waals surface area (Å²) in [7, 11) is -3.06. The molecule has 1 rings (SSSR count). The third-order valence-electron chi connectivity index (χ3n) is 3.43. The van der Waals surface area contributed by atoms with Crippen LogP contribution < -0.4 is 10.0 Å². The van der Waals surface area contributed by atoms with E-state index in [1.165, 1.54) is 32.1 Å². The van der Waals surface area contributed by atoms with E-state index in [4.69, 9.17) is 0 Å². The SMILES string of the molecule is CCNS(=O)(=O)CCNC1CCCC(C)CC1. The van der Waals surface area contributed by atoms with Crippen molar-refractivity contribution in [1.29, 1.82) is 0 Å². The van der Waals surface area contributed by atoms with Gasteiger partial charge in [-0.05, 0) is 25.2 Å². The minimum atomic E-state index is -3.06. The molecule has 1 saturated carbocycles. The van der Waals surface area contributed by atoms with Crippen molar-refractivity contribution >= 4 is 10.0 Å². The van der Waals surface area contributed by atoms with Crippen molar-refractivity contribution < 1.29 is 8.42 Å². The fraction of sp³-hybridized carbons (Fsp3) is 1.00. The van der Waals surface area contributed by atoms with E-state index in [2.05, 4.69) is 17.0 Å². The molecule has 1 fully saturated rings. The predicted octanol–water partition coefficient (Wildman–Crippen LogP) is 1.48. The van der Waals surface area contributed by atoms with Crippen LogP contribution >= 0.6 is 0 Å². The Balaban J connectivity index is 2.22. The summed E-state index contributed by atoms with van der Waals surface area (Å²) in [5.74, 6) is 1.01. The van der Waals surface area contributed by atoms with Crippen LogP contribution in [-0.2, 0) is 10.0 Å². The Labute approximate surface area is 106 Å². The minimum Gasteiger partial charge on any atom is -0.313 e. The maximum atomic E-state index is 11.4. The summed E-state index contributed by atoms with van der Waals surface area (Å²) in [6.45, 7) is 5.15. The summed E-state index contributed by atoms with van der Waals surface area (Å²) in [5, 5.41) is 3.38. The van der Waals surface area contributed by atoms with Crippen LogP contribution in [0.3, 0.4) is 0 Å². The topological polar surface area (TPSA) is 58.2 Å². The number of rotatable bonds is 6. The quantitative estimate of drug-likeness (QED) is 0.713. The molecule has 17 heavy (non-hydrogen) atoms. The Morgan fingerprint density at radius 3 is 2.65 bits per heavy atom. The van der Waals surface area contributed by atoms with Crippen LogP contribution in [0.15, 0.2) is 0 Å². The van der Waals surface area contributed by atoms with Crippen molar-refractivity contribution in [3.8, 4) is 0 Å². The van der Waals surface area contributed by atoms with E-state index in [9.17, 15) is 8.42 Å². The number of nitrogens with one attached hydrogen (secondary N) is 2. The maximum absolute atomic E-state index is 11.4. The highest BCUT2D eigenvalue weighted by atomic mass is 32.2. The van der Waals surface area contributed by atoms with E-state index in [-0.39, 0.29) is 5.75 Å². The molecule has 2 unspecified atom stereocenters. The van der Waals surface area contributed by atoms with Crippen LogP contribution in [0.4, 0.5) is 0 Å². The first kappa shape index (κ1) is 14.9. The van der Waals surface area contributed by atoms with Gasteiger partial charge in [0, 0.05) is 19.1 Å². The lowest BCUT2D eigenvalue weighted by Crippen LogP contribution is -2.36.